The molecule has 4 heterocycles. The molecule has 0 spiro atoms. The number of aryl methyl sites for hydroxylation is 1. The van der Waals surface area contributed by atoms with Crippen molar-refractivity contribution in [1.82, 2.24) is 19.9 Å². The number of hydrogen-bond donors (Lipinski definition) is 1. The molecule has 0 saturated carbocycles. The summed E-state index contributed by atoms with van der Waals surface area (Å²) in [7, 11) is 1.79. The van der Waals surface area contributed by atoms with Gasteiger partial charge >= 0.3 is 0 Å². The maximum Gasteiger partial charge on any atom is 0.264 e. The van der Waals surface area contributed by atoms with Gasteiger partial charge in [0.2, 0.25) is 6.79 Å². The van der Waals surface area contributed by atoms with Crippen LogP contribution in [-0.2, 0) is 13.1 Å². The van der Waals surface area contributed by atoms with Crippen LogP contribution < -0.4 is 14.8 Å². The summed E-state index contributed by atoms with van der Waals surface area (Å²) < 4.78 is 10.8. The van der Waals surface area contributed by atoms with Crippen molar-refractivity contribution in [2.45, 2.75) is 20.0 Å². The summed E-state index contributed by atoms with van der Waals surface area (Å²) >= 11 is 2.93. The van der Waals surface area contributed by atoms with E-state index >= 15 is 0 Å². The first kappa shape index (κ1) is 19.7. The van der Waals surface area contributed by atoms with Gasteiger partial charge in [0, 0.05) is 25.2 Å². The van der Waals surface area contributed by atoms with Crippen LogP contribution in [0.2, 0.25) is 0 Å². The van der Waals surface area contributed by atoms with Gasteiger partial charge in [-0.2, -0.15) is 0 Å². The zero-order valence-electron chi connectivity index (χ0n) is 16.9. The Morgan fingerprint density at radius 2 is 2.10 bits per heavy atom. The molecular formula is C21H19N5O3S2. The van der Waals surface area contributed by atoms with E-state index in [9.17, 15) is 4.79 Å². The number of rotatable bonds is 6. The molecule has 0 unspecified atom stereocenters. The molecule has 10 heteroatoms. The molecule has 1 N–H and O–H groups in total. The van der Waals surface area contributed by atoms with Gasteiger partial charge in [-0.3, -0.25) is 4.79 Å². The predicted molar refractivity (Wildman–Crippen MR) is 120 cm³/mol. The molecule has 0 radical (unpaired) electrons. The number of nitrogens with one attached hydrogen (secondary N) is 1. The zero-order valence-corrected chi connectivity index (χ0v) is 18.5. The molecule has 8 nitrogen and oxygen atoms in total. The number of aromatic nitrogens is 3. The Bertz CT molecular complexity index is 1260. The minimum absolute atomic E-state index is 0.0441. The molecule has 4 aromatic rings. The molecule has 0 aliphatic carbocycles. The quantitative estimate of drug-likeness (QED) is 0.471. The third-order valence-electron chi connectivity index (χ3n) is 5.02. The van der Waals surface area contributed by atoms with Crippen molar-refractivity contribution in [1.29, 1.82) is 0 Å². The number of nitrogens with zero attached hydrogens (tertiary/aromatic N) is 4. The number of carbonyl (C=O) groups is 1. The third kappa shape index (κ3) is 3.79. The van der Waals surface area contributed by atoms with E-state index in [-0.39, 0.29) is 12.7 Å². The third-order valence-corrected chi connectivity index (χ3v) is 6.97. The second kappa shape index (κ2) is 8.12. The Labute approximate surface area is 186 Å². The highest BCUT2D eigenvalue weighted by atomic mass is 32.1. The fourth-order valence-corrected chi connectivity index (χ4v) is 5.24. The average Bonchev–Trinajstić information content (AvgIpc) is 3.52. The summed E-state index contributed by atoms with van der Waals surface area (Å²) in [6, 6.07) is 5.85. The lowest BCUT2D eigenvalue weighted by Gasteiger charge is -2.15. The molecule has 0 atom stereocenters. The van der Waals surface area contributed by atoms with Crippen LogP contribution in [0.15, 0.2) is 36.1 Å². The number of fused-ring (bicyclic) bond motifs is 2. The van der Waals surface area contributed by atoms with Crippen molar-refractivity contribution < 1.29 is 14.3 Å². The molecule has 0 fully saturated rings. The summed E-state index contributed by atoms with van der Waals surface area (Å²) in [5.74, 6) is 2.16. The minimum atomic E-state index is -0.0441. The SMILES string of the molecule is Cc1c(C(=O)N(C)Cc2nccs2)sc2ncnc(NCc3ccc4c(c3)OCO4)c12. The van der Waals surface area contributed by atoms with Crippen molar-refractivity contribution in [2.24, 2.45) is 0 Å². The van der Waals surface area contributed by atoms with E-state index in [0.717, 1.165) is 37.9 Å². The highest BCUT2D eigenvalue weighted by molar-refractivity contribution is 7.20. The number of carbonyl (C=O) groups excluding carboxylic acids is 1. The first-order chi connectivity index (χ1) is 15.1. The van der Waals surface area contributed by atoms with Gasteiger partial charge in [0.15, 0.2) is 11.5 Å². The predicted octanol–water partition coefficient (Wildman–Crippen LogP) is 4.07. The number of anilines is 1. The summed E-state index contributed by atoms with van der Waals surface area (Å²) in [4.78, 5) is 29.3. The topological polar surface area (TPSA) is 89.5 Å². The van der Waals surface area contributed by atoms with Gasteiger partial charge in [0.1, 0.15) is 22.0 Å². The molecule has 31 heavy (non-hydrogen) atoms. The normalized spacial score (nSPS) is 12.3. The lowest BCUT2D eigenvalue weighted by molar-refractivity contribution is 0.0789. The molecule has 0 saturated heterocycles. The van der Waals surface area contributed by atoms with Gasteiger partial charge < -0.3 is 19.7 Å². The van der Waals surface area contributed by atoms with Crippen LogP contribution in [0.5, 0.6) is 11.5 Å². The van der Waals surface area contributed by atoms with Crippen LogP contribution in [0.25, 0.3) is 10.2 Å². The monoisotopic (exact) mass is 453 g/mol. The average molecular weight is 454 g/mol. The number of hydrogen-bond acceptors (Lipinski definition) is 9. The second-order valence-electron chi connectivity index (χ2n) is 7.09. The van der Waals surface area contributed by atoms with Gasteiger partial charge in [-0.05, 0) is 30.2 Å². The fraction of sp³-hybridized carbons (Fsp3) is 0.238. The number of amides is 1. The molecule has 1 aromatic carbocycles. The van der Waals surface area contributed by atoms with E-state index < -0.39 is 0 Å². The first-order valence-corrected chi connectivity index (χ1v) is 11.3. The van der Waals surface area contributed by atoms with E-state index in [0.29, 0.717) is 23.8 Å². The summed E-state index contributed by atoms with van der Waals surface area (Å²) in [6.45, 7) is 3.23. The van der Waals surface area contributed by atoms with Crippen LogP contribution in [0.3, 0.4) is 0 Å². The van der Waals surface area contributed by atoms with Crippen LogP contribution in [0, 0.1) is 6.92 Å². The van der Waals surface area contributed by atoms with E-state index in [4.69, 9.17) is 9.47 Å². The summed E-state index contributed by atoms with van der Waals surface area (Å²) in [5.41, 5.74) is 1.92. The smallest absolute Gasteiger partial charge is 0.264 e. The summed E-state index contributed by atoms with van der Waals surface area (Å²) in [6.07, 6.45) is 3.27. The molecule has 1 aliphatic heterocycles. The minimum Gasteiger partial charge on any atom is -0.454 e. The van der Waals surface area contributed by atoms with Crippen molar-refractivity contribution in [2.75, 3.05) is 19.2 Å². The molecule has 0 bridgehead atoms. The Hall–Kier alpha value is -3.24. The van der Waals surface area contributed by atoms with E-state index in [1.54, 1.807) is 18.1 Å². The van der Waals surface area contributed by atoms with E-state index in [1.807, 2.05) is 30.5 Å². The van der Waals surface area contributed by atoms with Gasteiger partial charge in [0.25, 0.3) is 5.91 Å². The highest BCUT2D eigenvalue weighted by Crippen LogP contribution is 2.35. The molecular weight excluding hydrogens is 434 g/mol. The Kier molecular flexibility index (Phi) is 5.16. The first-order valence-electron chi connectivity index (χ1n) is 9.60. The van der Waals surface area contributed by atoms with Gasteiger partial charge in [-0.25, -0.2) is 15.0 Å². The van der Waals surface area contributed by atoms with Crippen molar-refractivity contribution in [3.63, 3.8) is 0 Å². The number of ether oxygens (including phenoxy) is 2. The Balaban J connectivity index is 1.38. The Morgan fingerprint density at radius 3 is 2.94 bits per heavy atom. The number of benzene rings is 1. The zero-order chi connectivity index (χ0) is 21.4. The van der Waals surface area contributed by atoms with Crippen molar-refractivity contribution >= 4 is 44.6 Å². The maximum atomic E-state index is 13.1. The fourth-order valence-electron chi connectivity index (χ4n) is 3.43. The molecule has 5 rings (SSSR count). The van der Waals surface area contributed by atoms with E-state index in [1.165, 1.54) is 29.0 Å². The standard InChI is InChI=1S/C21H19N5O3S2/c1-12-17-19(23-8-13-3-4-14-15(7-13)29-11-28-14)24-10-25-20(17)31-18(12)21(27)26(2)9-16-22-5-6-30-16/h3-7,10H,8-9,11H2,1-2H3,(H,23,24,25). The molecule has 158 valence electrons. The highest BCUT2D eigenvalue weighted by Gasteiger charge is 2.22. The van der Waals surface area contributed by atoms with Crippen LogP contribution in [0.1, 0.15) is 25.8 Å². The van der Waals surface area contributed by atoms with Crippen LogP contribution in [-0.4, -0.2) is 39.6 Å². The second-order valence-corrected chi connectivity index (χ2v) is 9.07. The summed E-state index contributed by atoms with van der Waals surface area (Å²) in [5, 5.41) is 7.07. The Morgan fingerprint density at radius 1 is 1.23 bits per heavy atom. The van der Waals surface area contributed by atoms with Crippen molar-refractivity contribution in [3.8, 4) is 11.5 Å². The molecule has 3 aromatic heterocycles. The lowest BCUT2D eigenvalue weighted by atomic mass is 10.1. The van der Waals surface area contributed by atoms with E-state index in [2.05, 4.69) is 20.3 Å². The largest absolute Gasteiger partial charge is 0.454 e. The van der Waals surface area contributed by atoms with Crippen molar-refractivity contribution in [3.05, 3.63) is 57.1 Å². The van der Waals surface area contributed by atoms with Gasteiger partial charge in [0.05, 0.1) is 16.8 Å². The van der Waals surface area contributed by atoms with Crippen LogP contribution in [0.4, 0.5) is 5.82 Å². The molecule has 1 aliphatic rings. The van der Waals surface area contributed by atoms with Gasteiger partial charge in [-0.1, -0.05) is 6.07 Å². The maximum absolute atomic E-state index is 13.1. The van der Waals surface area contributed by atoms with Crippen LogP contribution >= 0.6 is 22.7 Å². The number of thiophene rings is 1. The van der Waals surface area contributed by atoms with Gasteiger partial charge in [-0.15, -0.1) is 22.7 Å². The lowest BCUT2D eigenvalue weighted by Crippen LogP contribution is -2.25. The molecule has 1 amide bonds. The number of thiazole rings is 1.